The summed E-state index contributed by atoms with van der Waals surface area (Å²) in [6.45, 7) is 1.40. The second-order valence-corrected chi connectivity index (χ2v) is 8.43. The van der Waals surface area contributed by atoms with Crippen molar-refractivity contribution < 1.29 is 18.3 Å². The molecular weight excluding hydrogens is 408 g/mol. The molecule has 1 heterocycles. The van der Waals surface area contributed by atoms with E-state index in [2.05, 4.69) is 26.6 Å². The fraction of sp³-hybridized carbons (Fsp3) is 0.500. The summed E-state index contributed by atoms with van der Waals surface area (Å²) in [5.74, 6) is -1.32. The van der Waals surface area contributed by atoms with Gasteiger partial charge in [-0.2, -0.15) is 0 Å². The molecule has 1 aliphatic heterocycles. The van der Waals surface area contributed by atoms with Gasteiger partial charge in [-0.3, -0.25) is 4.79 Å². The second kappa shape index (κ2) is 8.98. The Bertz CT molecular complexity index is 641. The van der Waals surface area contributed by atoms with Crippen LogP contribution in [0.3, 0.4) is 0 Å². The van der Waals surface area contributed by atoms with Crippen molar-refractivity contribution in [3.05, 3.63) is 34.3 Å². The standard InChI is InChI=1S/C14H19BrN2O4S.ClH/c15-12-3-1-2-10(4-12)8-22(20,21)9-14(19)17-6-11-5-16-7-13(11)18;/h1-4,11,13,16,18H,5-9H2,(H,17,19);1H. The molecule has 0 radical (unpaired) electrons. The van der Waals surface area contributed by atoms with Crippen molar-refractivity contribution in [1.82, 2.24) is 10.6 Å². The topological polar surface area (TPSA) is 95.5 Å². The molecule has 1 aromatic rings. The van der Waals surface area contributed by atoms with Gasteiger partial charge in [0.2, 0.25) is 5.91 Å². The Morgan fingerprint density at radius 2 is 2.13 bits per heavy atom. The van der Waals surface area contributed by atoms with E-state index in [9.17, 15) is 18.3 Å². The fourth-order valence-corrected chi connectivity index (χ4v) is 4.09. The molecule has 2 atom stereocenters. The molecule has 0 saturated carbocycles. The molecule has 1 saturated heterocycles. The normalized spacial score (nSPS) is 20.8. The van der Waals surface area contributed by atoms with Crippen LogP contribution in [0.15, 0.2) is 28.7 Å². The van der Waals surface area contributed by atoms with Crippen LogP contribution in [0.1, 0.15) is 5.56 Å². The number of benzene rings is 1. The van der Waals surface area contributed by atoms with E-state index in [-0.39, 0.29) is 30.6 Å². The summed E-state index contributed by atoms with van der Waals surface area (Å²) in [6.07, 6.45) is -0.501. The molecule has 23 heavy (non-hydrogen) atoms. The first kappa shape index (κ1) is 20.4. The Morgan fingerprint density at radius 1 is 1.39 bits per heavy atom. The third-order valence-corrected chi connectivity index (χ3v) is 5.46. The maximum atomic E-state index is 12.0. The number of hydrogen-bond acceptors (Lipinski definition) is 5. The van der Waals surface area contributed by atoms with E-state index in [1.165, 1.54) is 0 Å². The monoisotopic (exact) mass is 426 g/mol. The van der Waals surface area contributed by atoms with E-state index in [0.29, 0.717) is 18.7 Å². The molecule has 0 spiro atoms. The summed E-state index contributed by atoms with van der Waals surface area (Å²) in [5, 5.41) is 15.2. The lowest BCUT2D eigenvalue weighted by molar-refractivity contribution is -0.118. The largest absolute Gasteiger partial charge is 0.391 e. The molecule has 1 aromatic carbocycles. The third kappa shape index (κ3) is 6.76. The van der Waals surface area contributed by atoms with Crippen molar-refractivity contribution in [3.8, 4) is 0 Å². The highest BCUT2D eigenvalue weighted by molar-refractivity contribution is 9.10. The first-order valence-electron chi connectivity index (χ1n) is 6.96. The van der Waals surface area contributed by atoms with Gasteiger partial charge in [0, 0.05) is 30.0 Å². The molecule has 1 aliphatic rings. The van der Waals surface area contributed by atoms with E-state index in [4.69, 9.17) is 0 Å². The van der Waals surface area contributed by atoms with Crippen LogP contribution in [0.4, 0.5) is 0 Å². The molecule has 1 amide bonds. The van der Waals surface area contributed by atoms with Crippen molar-refractivity contribution in [3.63, 3.8) is 0 Å². The summed E-state index contributed by atoms with van der Waals surface area (Å²) in [7, 11) is -3.52. The van der Waals surface area contributed by atoms with Crippen molar-refractivity contribution in [2.45, 2.75) is 11.9 Å². The van der Waals surface area contributed by atoms with Gasteiger partial charge in [-0.25, -0.2) is 8.42 Å². The number of hydrogen-bond donors (Lipinski definition) is 3. The molecule has 0 bridgehead atoms. The lowest BCUT2D eigenvalue weighted by Crippen LogP contribution is -2.37. The molecule has 2 unspecified atom stereocenters. The average molecular weight is 428 g/mol. The highest BCUT2D eigenvalue weighted by atomic mass is 79.9. The molecule has 9 heteroatoms. The number of β-amino-alcohol motifs (C(OH)–C–C–N with tert-alkyl or cyclic N) is 1. The van der Waals surface area contributed by atoms with Crippen LogP contribution < -0.4 is 10.6 Å². The van der Waals surface area contributed by atoms with E-state index in [1.54, 1.807) is 18.2 Å². The van der Waals surface area contributed by atoms with Gasteiger partial charge in [-0.1, -0.05) is 28.1 Å². The Balaban J connectivity index is 0.00000264. The zero-order valence-corrected chi connectivity index (χ0v) is 15.6. The van der Waals surface area contributed by atoms with Crippen LogP contribution in [0.25, 0.3) is 0 Å². The highest BCUT2D eigenvalue weighted by Crippen LogP contribution is 2.14. The van der Waals surface area contributed by atoms with Gasteiger partial charge in [-0.15, -0.1) is 12.4 Å². The zero-order valence-electron chi connectivity index (χ0n) is 12.4. The zero-order chi connectivity index (χ0) is 16.2. The van der Waals surface area contributed by atoms with Crippen molar-refractivity contribution >= 4 is 44.1 Å². The van der Waals surface area contributed by atoms with Crippen LogP contribution in [-0.2, 0) is 20.4 Å². The predicted octanol–water partition coefficient (Wildman–Crippen LogP) is 0.482. The summed E-state index contributed by atoms with van der Waals surface area (Å²) < 4.78 is 24.9. The van der Waals surface area contributed by atoms with Crippen LogP contribution in [-0.4, -0.2) is 50.9 Å². The highest BCUT2D eigenvalue weighted by Gasteiger charge is 2.26. The molecule has 3 N–H and O–H groups in total. The Kier molecular flexibility index (Phi) is 7.96. The minimum Gasteiger partial charge on any atom is -0.391 e. The lowest BCUT2D eigenvalue weighted by Gasteiger charge is -2.14. The molecule has 130 valence electrons. The van der Waals surface area contributed by atoms with Crippen LogP contribution in [0, 0.1) is 5.92 Å². The quantitative estimate of drug-likeness (QED) is 0.614. The maximum absolute atomic E-state index is 12.0. The van der Waals surface area contributed by atoms with E-state index in [0.717, 1.165) is 4.47 Å². The molecule has 0 aliphatic carbocycles. The predicted molar refractivity (Wildman–Crippen MR) is 94.3 cm³/mol. The minimum absolute atomic E-state index is 0. The van der Waals surface area contributed by atoms with Crippen molar-refractivity contribution in [2.75, 3.05) is 25.4 Å². The Morgan fingerprint density at radius 3 is 2.74 bits per heavy atom. The first-order valence-corrected chi connectivity index (χ1v) is 9.57. The summed E-state index contributed by atoms with van der Waals surface area (Å²) in [4.78, 5) is 11.8. The number of carbonyl (C=O) groups excluding carboxylic acids is 1. The van der Waals surface area contributed by atoms with Crippen LogP contribution >= 0.6 is 28.3 Å². The second-order valence-electron chi connectivity index (χ2n) is 5.45. The summed E-state index contributed by atoms with van der Waals surface area (Å²) >= 11 is 3.28. The number of aliphatic hydroxyl groups excluding tert-OH is 1. The number of amides is 1. The molecule has 0 aromatic heterocycles. The van der Waals surface area contributed by atoms with Gasteiger partial charge in [0.05, 0.1) is 11.9 Å². The smallest absolute Gasteiger partial charge is 0.235 e. The fourth-order valence-electron chi connectivity index (χ4n) is 2.35. The minimum atomic E-state index is -3.52. The van der Waals surface area contributed by atoms with Gasteiger partial charge >= 0.3 is 0 Å². The van der Waals surface area contributed by atoms with E-state index >= 15 is 0 Å². The maximum Gasteiger partial charge on any atom is 0.235 e. The van der Waals surface area contributed by atoms with Gasteiger partial charge in [-0.05, 0) is 17.7 Å². The van der Waals surface area contributed by atoms with E-state index < -0.39 is 27.6 Å². The number of carbonyl (C=O) groups is 1. The Labute approximate surface area is 150 Å². The van der Waals surface area contributed by atoms with Crippen molar-refractivity contribution in [1.29, 1.82) is 0 Å². The molecule has 2 rings (SSSR count). The number of nitrogens with one attached hydrogen (secondary N) is 2. The number of aliphatic hydroxyl groups is 1. The van der Waals surface area contributed by atoms with Crippen LogP contribution in [0.2, 0.25) is 0 Å². The van der Waals surface area contributed by atoms with Crippen LogP contribution in [0.5, 0.6) is 0 Å². The third-order valence-electron chi connectivity index (χ3n) is 3.49. The summed E-state index contributed by atoms with van der Waals surface area (Å²) in [5.41, 5.74) is 0.637. The number of halogens is 2. The molecular formula is C14H20BrClN2O4S. The Hall–Kier alpha value is -0.670. The average Bonchev–Trinajstić information content (AvgIpc) is 2.80. The van der Waals surface area contributed by atoms with Crippen molar-refractivity contribution in [2.24, 2.45) is 5.92 Å². The lowest BCUT2D eigenvalue weighted by atomic mass is 10.1. The first-order chi connectivity index (χ1) is 10.4. The number of rotatable bonds is 6. The van der Waals surface area contributed by atoms with E-state index in [1.807, 2.05) is 6.07 Å². The van der Waals surface area contributed by atoms with Gasteiger partial charge < -0.3 is 15.7 Å². The molecule has 1 fully saturated rings. The van der Waals surface area contributed by atoms with Gasteiger partial charge in [0.25, 0.3) is 0 Å². The van der Waals surface area contributed by atoms with Gasteiger partial charge in [0.15, 0.2) is 9.84 Å². The number of sulfone groups is 1. The van der Waals surface area contributed by atoms with Gasteiger partial charge in [0.1, 0.15) is 5.75 Å². The molecule has 6 nitrogen and oxygen atoms in total. The SMILES string of the molecule is Cl.O=C(CS(=O)(=O)Cc1cccc(Br)c1)NCC1CNCC1O. The summed E-state index contributed by atoms with van der Waals surface area (Å²) in [6, 6.07) is 6.99.